The normalized spacial score (nSPS) is 18.7. The molecule has 0 radical (unpaired) electrons. The van der Waals surface area contributed by atoms with Crippen LogP contribution in [0.15, 0.2) is 39.1 Å². The number of carbonyl (C=O) groups excluding carboxylic acids is 1. The molecule has 0 saturated carbocycles. The van der Waals surface area contributed by atoms with Crippen molar-refractivity contribution >= 4 is 11.6 Å². The predicted molar refractivity (Wildman–Crippen MR) is 131 cm³/mol. The van der Waals surface area contributed by atoms with Gasteiger partial charge in [0.25, 0.3) is 5.56 Å². The maximum absolute atomic E-state index is 13.3. The van der Waals surface area contributed by atoms with Gasteiger partial charge in [0.15, 0.2) is 17.3 Å². The standard InChI is InChI=1S/C26H33N3O5/c1-5-6-7-8-11-34-18-10-9-15(12-19(18)33-4)20-21-16(13-26(2,3)14-17(21)30)27-23-22(20)24(31)29-25(32)28-23/h9-10,12,20H,5-8,11,13-14H2,1-4H3,(H3,27,28,29,31,32). The molecule has 1 aliphatic carbocycles. The van der Waals surface area contributed by atoms with Gasteiger partial charge in [0.2, 0.25) is 0 Å². The number of methoxy groups -OCH3 is 1. The Morgan fingerprint density at radius 2 is 1.82 bits per heavy atom. The first-order valence-corrected chi connectivity index (χ1v) is 11.9. The zero-order valence-corrected chi connectivity index (χ0v) is 20.3. The maximum atomic E-state index is 13.3. The van der Waals surface area contributed by atoms with Crippen LogP contribution in [0.4, 0.5) is 5.82 Å². The quantitative estimate of drug-likeness (QED) is 0.501. The van der Waals surface area contributed by atoms with Gasteiger partial charge in [-0.25, -0.2) is 4.79 Å². The van der Waals surface area contributed by atoms with Crippen LogP contribution in [0.5, 0.6) is 11.5 Å². The fraction of sp³-hybridized carbons (Fsp3) is 0.500. The molecule has 0 bridgehead atoms. The van der Waals surface area contributed by atoms with Crippen molar-refractivity contribution in [3.63, 3.8) is 0 Å². The summed E-state index contributed by atoms with van der Waals surface area (Å²) < 4.78 is 11.6. The lowest BCUT2D eigenvalue weighted by molar-refractivity contribution is -0.118. The molecule has 1 atom stereocenters. The van der Waals surface area contributed by atoms with Gasteiger partial charge in [-0.15, -0.1) is 0 Å². The van der Waals surface area contributed by atoms with E-state index in [1.54, 1.807) is 7.11 Å². The number of anilines is 1. The highest BCUT2D eigenvalue weighted by Gasteiger charge is 2.42. The molecule has 4 rings (SSSR count). The minimum atomic E-state index is -0.622. The molecule has 2 aliphatic rings. The summed E-state index contributed by atoms with van der Waals surface area (Å²) in [4.78, 5) is 43.3. The predicted octanol–water partition coefficient (Wildman–Crippen LogP) is 4.23. The molecule has 0 amide bonds. The minimum absolute atomic E-state index is 0.00443. The Morgan fingerprint density at radius 1 is 1.03 bits per heavy atom. The van der Waals surface area contributed by atoms with Crippen LogP contribution in [0.2, 0.25) is 0 Å². The highest BCUT2D eigenvalue weighted by molar-refractivity contribution is 6.01. The van der Waals surface area contributed by atoms with Crippen LogP contribution in [-0.2, 0) is 4.79 Å². The van der Waals surface area contributed by atoms with Gasteiger partial charge in [0, 0.05) is 23.6 Å². The van der Waals surface area contributed by atoms with Crippen molar-refractivity contribution < 1.29 is 14.3 Å². The van der Waals surface area contributed by atoms with E-state index in [1.807, 2.05) is 32.0 Å². The van der Waals surface area contributed by atoms with Gasteiger partial charge in [-0.2, -0.15) is 0 Å². The van der Waals surface area contributed by atoms with Gasteiger partial charge in [0.05, 0.1) is 19.3 Å². The SMILES string of the molecule is CCCCCCOc1ccc(C2C3=C(CC(C)(C)CC3=O)Nc3[nH]c(=O)[nH]c(=O)c32)cc1OC. The number of ether oxygens (including phenoxy) is 2. The Kier molecular flexibility index (Phi) is 6.68. The molecule has 1 aliphatic heterocycles. The topological polar surface area (TPSA) is 113 Å². The van der Waals surface area contributed by atoms with Crippen LogP contribution in [0, 0.1) is 5.41 Å². The zero-order chi connectivity index (χ0) is 24.5. The highest BCUT2D eigenvalue weighted by atomic mass is 16.5. The van der Waals surface area contributed by atoms with E-state index in [2.05, 4.69) is 22.2 Å². The number of hydrogen-bond donors (Lipinski definition) is 3. The van der Waals surface area contributed by atoms with Gasteiger partial charge in [-0.1, -0.05) is 46.1 Å². The summed E-state index contributed by atoms with van der Waals surface area (Å²) >= 11 is 0. The molecule has 0 fully saturated rings. The van der Waals surface area contributed by atoms with Gasteiger partial charge in [0.1, 0.15) is 5.82 Å². The summed E-state index contributed by atoms with van der Waals surface area (Å²) in [6.07, 6.45) is 5.43. The second-order valence-corrected chi connectivity index (χ2v) is 9.91. The van der Waals surface area contributed by atoms with E-state index in [9.17, 15) is 14.4 Å². The lowest BCUT2D eigenvalue weighted by Crippen LogP contribution is -2.38. The highest BCUT2D eigenvalue weighted by Crippen LogP contribution is 2.48. The fourth-order valence-corrected chi connectivity index (χ4v) is 4.97. The minimum Gasteiger partial charge on any atom is -0.493 e. The molecular formula is C26H33N3O5. The average molecular weight is 468 g/mol. The Hall–Kier alpha value is -3.29. The summed E-state index contributed by atoms with van der Waals surface area (Å²) in [5.74, 6) is 0.869. The number of allylic oxidation sites excluding steroid dienone is 2. The average Bonchev–Trinajstić information content (AvgIpc) is 2.76. The fourth-order valence-electron chi connectivity index (χ4n) is 4.97. The van der Waals surface area contributed by atoms with E-state index in [1.165, 1.54) is 6.42 Å². The number of Topliss-reactive ketones (excluding diaryl/α,β-unsaturated/α-hetero) is 1. The number of ketones is 1. The Labute approximate surface area is 198 Å². The number of nitrogens with one attached hydrogen (secondary N) is 3. The van der Waals surface area contributed by atoms with E-state index in [-0.39, 0.29) is 11.2 Å². The first-order chi connectivity index (χ1) is 16.2. The Bertz CT molecular complexity index is 1240. The van der Waals surface area contributed by atoms with E-state index >= 15 is 0 Å². The molecule has 182 valence electrons. The number of benzene rings is 1. The van der Waals surface area contributed by atoms with E-state index in [4.69, 9.17) is 9.47 Å². The van der Waals surface area contributed by atoms with Crippen LogP contribution in [0.25, 0.3) is 0 Å². The van der Waals surface area contributed by atoms with Crippen LogP contribution in [0.1, 0.15) is 76.3 Å². The molecule has 1 unspecified atom stereocenters. The molecule has 3 N–H and O–H groups in total. The summed E-state index contributed by atoms with van der Waals surface area (Å²) in [5.41, 5.74) is 1.03. The number of fused-ring (bicyclic) bond motifs is 1. The molecule has 2 aromatic rings. The lowest BCUT2D eigenvalue weighted by Gasteiger charge is -2.38. The summed E-state index contributed by atoms with van der Waals surface area (Å²) in [6.45, 7) is 6.84. The number of carbonyl (C=O) groups is 1. The van der Waals surface area contributed by atoms with Crippen molar-refractivity contribution in [3.8, 4) is 11.5 Å². The summed E-state index contributed by atoms with van der Waals surface area (Å²) in [7, 11) is 1.57. The van der Waals surface area contributed by atoms with Crippen LogP contribution in [0.3, 0.4) is 0 Å². The first kappa shape index (κ1) is 23.9. The third kappa shape index (κ3) is 4.67. The van der Waals surface area contributed by atoms with Crippen molar-refractivity contribution in [3.05, 3.63) is 61.4 Å². The van der Waals surface area contributed by atoms with Crippen molar-refractivity contribution in [2.24, 2.45) is 5.41 Å². The largest absolute Gasteiger partial charge is 0.493 e. The lowest BCUT2D eigenvalue weighted by atomic mass is 9.69. The van der Waals surface area contributed by atoms with Gasteiger partial charge in [-0.3, -0.25) is 19.6 Å². The monoisotopic (exact) mass is 467 g/mol. The van der Waals surface area contributed by atoms with Crippen LogP contribution >= 0.6 is 0 Å². The van der Waals surface area contributed by atoms with E-state index < -0.39 is 17.2 Å². The van der Waals surface area contributed by atoms with Crippen molar-refractivity contribution in [1.29, 1.82) is 0 Å². The molecule has 34 heavy (non-hydrogen) atoms. The van der Waals surface area contributed by atoms with Crippen molar-refractivity contribution in [1.82, 2.24) is 9.97 Å². The number of unbranched alkanes of at least 4 members (excludes halogenated alkanes) is 3. The molecule has 1 aromatic carbocycles. The molecule has 2 heterocycles. The Balaban J connectivity index is 1.77. The van der Waals surface area contributed by atoms with Gasteiger partial charge < -0.3 is 14.8 Å². The number of aromatic nitrogens is 2. The van der Waals surface area contributed by atoms with Crippen molar-refractivity contribution in [2.75, 3.05) is 19.0 Å². The number of rotatable bonds is 8. The van der Waals surface area contributed by atoms with Gasteiger partial charge in [-0.05, 0) is 36.0 Å². The first-order valence-electron chi connectivity index (χ1n) is 11.9. The molecule has 1 aromatic heterocycles. The zero-order valence-electron chi connectivity index (χ0n) is 20.3. The number of aromatic amines is 2. The van der Waals surface area contributed by atoms with Crippen LogP contribution in [-0.4, -0.2) is 29.5 Å². The van der Waals surface area contributed by atoms with E-state index in [0.29, 0.717) is 47.9 Å². The molecule has 0 spiro atoms. The van der Waals surface area contributed by atoms with Gasteiger partial charge >= 0.3 is 5.69 Å². The number of hydrogen-bond acceptors (Lipinski definition) is 6. The molecule has 0 saturated heterocycles. The number of H-pyrrole nitrogens is 2. The summed E-state index contributed by atoms with van der Waals surface area (Å²) in [6, 6.07) is 5.52. The maximum Gasteiger partial charge on any atom is 0.327 e. The molecule has 8 nitrogen and oxygen atoms in total. The van der Waals surface area contributed by atoms with E-state index in [0.717, 1.165) is 30.5 Å². The van der Waals surface area contributed by atoms with Crippen molar-refractivity contribution in [2.45, 2.75) is 65.2 Å². The smallest absolute Gasteiger partial charge is 0.327 e. The third-order valence-electron chi connectivity index (χ3n) is 6.53. The second-order valence-electron chi connectivity index (χ2n) is 9.91. The second kappa shape index (κ2) is 9.52. The third-order valence-corrected chi connectivity index (χ3v) is 6.53. The molecule has 8 heteroatoms. The Morgan fingerprint density at radius 3 is 2.56 bits per heavy atom. The molecular weight excluding hydrogens is 434 g/mol. The summed E-state index contributed by atoms with van der Waals surface area (Å²) in [5, 5.41) is 3.18. The van der Waals surface area contributed by atoms with Crippen LogP contribution < -0.4 is 26.0 Å².